The number of ketones is 1. The van der Waals surface area contributed by atoms with Crippen LogP contribution in [0.2, 0.25) is 0 Å². The van der Waals surface area contributed by atoms with E-state index in [1.54, 1.807) is 14.2 Å². The first kappa shape index (κ1) is 25.0. The maximum Gasteiger partial charge on any atom is 0.265 e. The van der Waals surface area contributed by atoms with Gasteiger partial charge >= 0.3 is 0 Å². The van der Waals surface area contributed by atoms with Gasteiger partial charge in [-0.2, -0.15) is 8.42 Å². The molecule has 32 heavy (non-hydrogen) atoms. The second kappa shape index (κ2) is 8.97. The Bertz CT molecular complexity index is 967. The van der Waals surface area contributed by atoms with Crippen LogP contribution in [-0.2, 0) is 24.4 Å². The van der Waals surface area contributed by atoms with E-state index >= 15 is 0 Å². The number of aliphatic imine (C=N–C) groups is 1. The van der Waals surface area contributed by atoms with Crippen molar-refractivity contribution in [1.82, 2.24) is 0 Å². The largest absolute Gasteiger partial charge is 0.351 e. The Kier molecular flexibility index (Phi) is 7.01. The molecule has 0 aromatic heterocycles. The number of methoxy groups -OCH3 is 2. The summed E-state index contributed by atoms with van der Waals surface area (Å²) in [6.45, 7) is 5.95. The van der Waals surface area contributed by atoms with Crippen LogP contribution in [0.25, 0.3) is 0 Å². The number of benzene rings is 1. The van der Waals surface area contributed by atoms with E-state index in [9.17, 15) is 13.2 Å². The summed E-state index contributed by atoms with van der Waals surface area (Å²) in [4.78, 5) is 16.6. The Morgan fingerprint density at radius 1 is 1.12 bits per heavy atom. The van der Waals surface area contributed by atoms with E-state index in [2.05, 4.69) is 19.1 Å². The van der Waals surface area contributed by atoms with Gasteiger partial charge in [-0.25, -0.2) is 0 Å². The zero-order valence-corrected chi connectivity index (χ0v) is 20.4. The van der Waals surface area contributed by atoms with Gasteiger partial charge in [-0.05, 0) is 43.1 Å². The normalized spacial score (nSPS) is 30.4. The Morgan fingerprint density at radius 3 is 2.22 bits per heavy atom. The van der Waals surface area contributed by atoms with Crippen molar-refractivity contribution in [3.63, 3.8) is 0 Å². The second-order valence-corrected chi connectivity index (χ2v) is 11.2. The van der Waals surface area contributed by atoms with Gasteiger partial charge in [0.2, 0.25) is 0 Å². The standard InChI is InChI=1S/C14H19NO2.C10H16O4S/c1-11-9-10-14(16-2,17-3)13(15-11)12-7-5-4-6-8-12;1-9(2)7-3-4-10(9,8(11)5-7)6-15(12,13)14/h4-8,13H,9-10H2,1-3H3;7H,3-6H2,1-2H3,(H,12,13,14). The molecule has 0 spiro atoms. The van der Waals surface area contributed by atoms with Crippen molar-refractivity contribution in [1.29, 1.82) is 0 Å². The van der Waals surface area contributed by atoms with Crippen LogP contribution in [-0.4, -0.2) is 50.2 Å². The minimum absolute atomic E-state index is 0.0152. The van der Waals surface area contributed by atoms with Crippen molar-refractivity contribution in [3.05, 3.63) is 35.9 Å². The number of Topliss-reactive ketones (excluding diaryl/α,β-unsaturated/α-hetero) is 1. The first-order valence-corrected chi connectivity index (χ1v) is 12.7. The second-order valence-electron chi connectivity index (χ2n) is 9.79. The molecule has 2 saturated carbocycles. The van der Waals surface area contributed by atoms with Gasteiger partial charge in [0.1, 0.15) is 11.8 Å². The Labute approximate surface area is 191 Å². The highest BCUT2D eigenvalue weighted by Gasteiger charge is 2.65. The Balaban J connectivity index is 0.000000182. The Morgan fingerprint density at radius 2 is 1.75 bits per heavy atom. The highest BCUT2D eigenvalue weighted by atomic mass is 32.2. The SMILES string of the molecule is CC1(C)C2CCC1(CS(=O)(=O)O)C(=O)C2.COC1(OC)CCC(C)=NC1c1ccccc1. The Hall–Kier alpha value is -1.61. The molecule has 2 bridgehead atoms. The molecule has 3 aliphatic rings. The summed E-state index contributed by atoms with van der Waals surface area (Å²) in [6, 6.07) is 10.1. The van der Waals surface area contributed by atoms with Crippen LogP contribution < -0.4 is 0 Å². The van der Waals surface area contributed by atoms with Gasteiger partial charge in [-0.1, -0.05) is 44.2 Å². The smallest absolute Gasteiger partial charge is 0.265 e. The third-order valence-corrected chi connectivity index (χ3v) is 8.83. The summed E-state index contributed by atoms with van der Waals surface area (Å²) < 4.78 is 42.2. The summed E-state index contributed by atoms with van der Waals surface area (Å²) >= 11 is 0. The molecule has 3 unspecified atom stereocenters. The van der Waals surface area contributed by atoms with Crippen LogP contribution >= 0.6 is 0 Å². The number of fused-ring (bicyclic) bond motifs is 2. The van der Waals surface area contributed by atoms with Gasteiger partial charge in [0.25, 0.3) is 10.1 Å². The molecule has 8 heteroatoms. The molecule has 4 rings (SSSR count). The molecule has 1 N–H and O–H groups in total. The number of ether oxygens (including phenoxy) is 2. The molecule has 178 valence electrons. The van der Waals surface area contributed by atoms with E-state index in [1.807, 2.05) is 32.0 Å². The van der Waals surface area contributed by atoms with E-state index in [-0.39, 0.29) is 23.2 Å². The van der Waals surface area contributed by atoms with Crippen molar-refractivity contribution in [2.75, 3.05) is 20.0 Å². The molecule has 3 atom stereocenters. The summed E-state index contributed by atoms with van der Waals surface area (Å²) in [6.07, 6.45) is 3.74. The molecule has 2 aliphatic carbocycles. The predicted molar refractivity (Wildman–Crippen MR) is 123 cm³/mol. The van der Waals surface area contributed by atoms with Crippen molar-refractivity contribution in [2.24, 2.45) is 21.7 Å². The lowest BCUT2D eigenvalue weighted by molar-refractivity contribution is -0.226. The molecule has 1 aromatic rings. The number of carbonyl (C=O) groups excluding carboxylic acids is 1. The number of carbonyl (C=O) groups is 1. The molecule has 2 fully saturated rings. The third kappa shape index (κ3) is 4.42. The van der Waals surface area contributed by atoms with Crippen LogP contribution in [0, 0.1) is 16.7 Å². The van der Waals surface area contributed by atoms with Crippen molar-refractivity contribution < 1.29 is 27.2 Å². The van der Waals surface area contributed by atoms with Gasteiger partial charge in [-0.15, -0.1) is 0 Å². The summed E-state index contributed by atoms with van der Waals surface area (Å²) in [5, 5.41) is 0. The maximum absolute atomic E-state index is 11.9. The van der Waals surface area contributed by atoms with Crippen LogP contribution in [0.15, 0.2) is 35.3 Å². The minimum atomic E-state index is -4.08. The quantitative estimate of drug-likeness (QED) is 0.515. The zero-order chi connectivity index (χ0) is 23.8. The fourth-order valence-corrected chi connectivity index (χ4v) is 7.07. The molecular formula is C24H35NO6S. The van der Waals surface area contributed by atoms with Gasteiger partial charge in [0, 0.05) is 32.8 Å². The number of hydrogen-bond acceptors (Lipinski definition) is 6. The van der Waals surface area contributed by atoms with E-state index < -0.39 is 27.1 Å². The number of nitrogens with zero attached hydrogens (tertiary/aromatic N) is 1. The van der Waals surface area contributed by atoms with Crippen molar-refractivity contribution in [3.8, 4) is 0 Å². The third-order valence-electron chi connectivity index (χ3n) is 7.98. The fourth-order valence-electron chi connectivity index (χ4n) is 5.77. The van der Waals surface area contributed by atoms with Crippen LogP contribution in [0.1, 0.15) is 64.5 Å². The van der Waals surface area contributed by atoms with Gasteiger partial charge in [0.15, 0.2) is 5.79 Å². The topological polar surface area (TPSA) is 102 Å². The first-order valence-electron chi connectivity index (χ1n) is 11.1. The molecule has 1 aromatic carbocycles. The average Bonchev–Trinajstić information content (AvgIpc) is 3.08. The van der Waals surface area contributed by atoms with Gasteiger partial charge in [-0.3, -0.25) is 14.3 Å². The van der Waals surface area contributed by atoms with Crippen molar-refractivity contribution >= 4 is 21.6 Å². The van der Waals surface area contributed by atoms with Crippen LogP contribution in [0.4, 0.5) is 0 Å². The summed E-state index contributed by atoms with van der Waals surface area (Å²) in [7, 11) is -0.696. The number of hydrogen-bond donors (Lipinski definition) is 1. The van der Waals surface area contributed by atoms with E-state index in [0.717, 1.165) is 30.5 Å². The zero-order valence-electron chi connectivity index (χ0n) is 19.6. The highest BCUT2D eigenvalue weighted by molar-refractivity contribution is 7.85. The molecule has 0 amide bonds. The maximum atomic E-state index is 11.9. The molecule has 0 saturated heterocycles. The lowest BCUT2D eigenvalue weighted by Crippen LogP contribution is -2.42. The molecule has 1 aliphatic heterocycles. The highest BCUT2D eigenvalue weighted by Crippen LogP contribution is 2.64. The lowest BCUT2D eigenvalue weighted by Gasteiger charge is -2.39. The molecular weight excluding hydrogens is 430 g/mol. The van der Waals surface area contributed by atoms with E-state index in [0.29, 0.717) is 12.8 Å². The first-order chi connectivity index (χ1) is 14.9. The average molecular weight is 466 g/mol. The van der Waals surface area contributed by atoms with Crippen LogP contribution in [0.5, 0.6) is 0 Å². The van der Waals surface area contributed by atoms with E-state index in [1.165, 1.54) is 0 Å². The van der Waals surface area contributed by atoms with Gasteiger partial charge < -0.3 is 9.47 Å². The van der Waals surface area contributed by atoms with Crippen LogP contribution in [0.3, 0.4) is 0 Å². The minimum Gasteiger partial charge on any atom is -0.351 e. The molecule has 0 radical (unpaired) electrons. The summed E-state index contributed by atoms with van der Waals surface area (Å²) in [5.41, 5.74) is 1.17. The van der Waals surface area contributed by atoms with E-state index in [4.69, 9.17) is 19.0 Å². The molecule has 1 heterocycles. The van der Waals surface area contributed by atoms with Crippen molar-refractivity contribution in [2.45, 2.75) is 64.7 Å². The number of rotatable bonds is 5. The lowest BCUT2D eigenvalue weighted by atomic mass is 9.70. The summed E-state index contributed by atoms with van der Waals surface area (Å²) in [5.74, 6) is -0.725. The fraction of sp³-hybridized carbons (Fsp3) is 0.667. The van der Waals surface area contributed by atoms with Gasteiger partial charge in [0.05, 0.1) is 11.2 Å². The monoisotopic (exact) mass is 465 g/mol. The predicted octanol–water partition coefficient (Wildman–Crippen LogP) is 4.24. The molecule has 7 nitrogen and oxygen atoms in total.